The van der Waals surface area contributed by atoms with Crippen LogP contribution in [0.15, 0.2) is 45.9 Å². The molecule has 24 heavy (non-hydrogen) atoms. The van der Waals surface area contributed by atoms with Crippen molar-refractivity contribution in [1.29, 1.82) is 0 Å². The minimum atomic E-state index is 0.425. The number of hydrogen-bond acceptors (Lipinski definition) is 4. The van der Waals surface area contributed by atoms with Gasteiger partial charge in [0, 0.05) is 36.6 Å². The summed E-state index contributed by atoms with van der Waals surface area (Å²) < 4.78 is 5.29. The van der Waals surface area contributed by atoms with Gasteiger partial charge in [0.2, 0.25) is 11.7 Å². The first-order valence-corrected chi connectivity index (χ1v) is 8.33. The molecule has 0 bridgehead atoms. The Morgan fingerprint density at radius 1 is 1.38 bits per heavy atom. The summed E-state index contributed by atoms with van der Waals surface area (Å²) in [6.07, 6.45) is 7.05. The van der Waals surface area contributed by atoms with Crippen molar-refractivity contribution < 1.29 is 4.52 Å². The molecule has 3 rings (SSSR count). The molecule has 0 saturated heterocycles. The third kappa shape index (κ3) is 4.35. The zero-order chi connectivity index (χ0) is 16.8. The van der Waals surface area contributed by atoms with Crippen molar-refractivity contribution >= 4 is 17.6 Å². The standard InChI is InChI=1S/C17H20ClN5O/c1-19-17(21-14-7-2-3-8-14)20-10-9-15-22-16(23-24-15)12-5-4-6-13(18)11-12/h2-6,11,14H,7-10H2,1H3,(H2,19,20,21). The van der Waals surface area contributed by atoms with Gasteiger partial charge in [-0.15, -0.1) is 0 Å². The molecule has 0 atom stereocenters. The van der Waals surface area contributed by atoms with E-state index in [-0.39, 0.29) is 0 Å². The topological polar surface area (TPSA) is 75.3 Å². The normalized spacial score (nSPS) is 15.0. The molecule has 1 heterocycles. The van der Waals surface area contributed by atoms with E-state index in [0.717, 1.165) is 24.4 Å². The van der Waals surface area contributed by atoms with E-state index in [0.29, 0.717) is 35.7 Å². The fourth-order valence-corrected chi connectivity index (χ4v) is 2.70. The number of hydrogen-bond donors (Lipinski definition) is 2. The third-order valence-corrected chi connectivity index (χ3v) is 3.99. The predicted octanol–water partition coefficient (Wildman–Crippen LogP) is 2.82. The monoisotopic (exact) mass is 345 g/mol. The average Bonchev–Trinajstić information content (AvgIpc) is 3.25. The molecule has 1 aliphatic rings. The van der Waals surface area contributed by atoms with Crippen LogP contribution >= 0.6 is 11.6 Å². The zero-order valence-electron chi connectivity index (χ0n) is 13.5. The second-order valence-corrected chi connectivity index (χ2v) is 5.99. The molecule has 0 saturated carbocycles. The Morgan fingerprint density at radius 2 is 2.21 bits per heavy atom. The van der Waals surface area contributed by atoms with E-state index in [1.165, 1.54) is 0 Å². The molecule has 0 radical (unpaired) electrons. The van der Waals surface area contributed by atoms with Crippen molar-refractivity contribution in [3.8, 4) is 11.4 Å². The number of benzene rings is 1. The minimum absolute atomic E-state index is 0.425. The Labute approximate surface area is 146 Å². The van der Waals surface area contributed by atoms with Crippen molar-refractivity contribution in [3.63, 3.8) is 0 Å². The number of guanidine groups is 1. The maximum atomic E-state index is 5.98. The van der Waals surface area contributed by atoms with Crippen LogP contribution in [-0.4, -0.2) is 35.7 Å². The smallest absolute Gasteiger partial charge is 0.228 e. The van der Waals surface area contributed by atoms with Crippen molar-refractivity contribution in [2.24, 2.45) is 4.99 Å². The van der Waals surface area contributed by atoms with Crippen molar-refractivity contribution in [3.05, 3.63) is 47.3 Å². The lowest BCUT2D eigenvalue weighted by atomic mass is 10.2. The summed E-state index contributed by atoms with van der Waals surface area (Å²) >= 11 is 5.98. The van der Waals surface area contributed by atoms with Gasteiger partial charge in [-0.05, 0) is 25.0 Å². The van der Waals surface area contributed by atoms with Gasteiger partial charge < -0.3 is 15.2 Å². The van der Waals surface area contributed by atoms with Crippen molar-refractivity contribution in [2.45, 2.75) is 25.3 Å². The Kier molecular flexibility index (Phi) is 5.48. The third-order valence-electron chi connectivity index (χ3n) is 3.75. The summed E-state index contributed by atoms with van der Waals surface area (Å²) in [4.78, 5) is 8.63. The molecule has 2 aromatic rings. The number of aromatic nitrogens is 2. The van der Waals surface area contributed by atoms with Gasteiger partial charge in [0.1, 0.15) is 0 Å². The van der Waals surface area contributed by atoms with Gasteiger partial charge in [-0.25, -0.2) is 0 Å². The molecular formula is C17H20ClN5O. The van der Waals surface area contributed by atoms with Crippen LogP contribution in [-0.2, 0) is 6.42 Å². The number of halogens is 1. The summed E-state index contributed by atoms with van der Waals surface area (Å²) in [6.45, 7) is 0.664. The summed E-state index contributed by atoms with van der Waals surface area (Å²) in [5, 5.41) is 11.3. The first-order chi connectivity index (χ1) is 11.7. The largest absolute Gasteiger partial charge is 0.356 e. The highest BCUT2D eigenvalue weighted by Gasteiger charge is 2.12. The van der Waals surface area contributed by atoms with Gasteiger partial charge in [0.25, 0.3) is 0 Å². The van der Waals surface area contributed by atoms with Crippen LogP contribution in [0.1, 0.15) is 18.7 Å². The fraction of sp³-hybridized carbons (Fsp3) is 0.353. The molecule has 1 aromatic carbocycles. The molecule has 0 spiro atoms. The predicted molar refractivity (Wildman–Crippen MR) is 95.1 cm³/mol. The highest BCUT2D eigenvalue weighted by molar-refractivity contribution is 6.30. The second kappa shape index (κ2) is 7.97. The van der Waals surface area contributed by atoms with Crippen molar-refractivity contribution in [2.75, 3.05) is 13.6 Å². The first kappa shape index (κ1) is 16.5. The molecule has 0 amide bonds. The van der Waals surface area contributed by atoms with E-state index in [4.69, 9.17) is 16.1 Å². The molecule has 1 aliphatic carbocycles. The second-order valence-electron chi connectivity index (χ2n) is 5.56. The van der Waals surface area contributed by atoms with E-state index in [1.807, 2.05) is 24.3 Å². The van der Waals surface area contributed by atoms with Gasteiger partial charge in [0.15, 0.2) is 5.96 Å². The van der Waals surface area contributed by atoms with Crippen LogP contribution < -0.4 is 10.6 Å². The Balaban J connectivity index is 1.50. The summed E-state index contributed by atoms with van der Waals surface area (Å²) in [5.74, 6) is 1.92. The Bertz CT molecular complexity index is 732. The molecule has 6 nitrogen and oxygen atoms in total. The number of nitrogens with one attached hydrogen (secondary N) is 2. The molecule has 0 aliphatic heterocycles. The van der Waals surface area contributed by atoms with Crippen molar-refractivity contribution in [1.82, 2.24) is 20.8 Å². The van der Waals surface area contributed by atoms with Gasteiger partial charge in [-0.2, -0.15) is 4.98 Å². The van der Waals surface area contributed by atoms with Crippen LogP contribution in [0.25, 0.3) is 11.4 Å². The van der Waals surface area contributed by atoms with Gasteiger partial charge >= 0.3 is 0 Å². The molecule has 126 valence electrons. The molecule has 0 fully saturated rings. The zero-order valence-corrected chi connectivity index (χ0v) is 14.3. The summed E-state index contributed by atoms with van der Waals surface area (Å²) in [5.41, 5.74) is 0.844. The minimum Gasteiger partial charge on any atom is -0.356 e. The molecular weight excluding hydrogens is 326 g/mol. The quantitative estimate of drug-likeness (QED) is 0.495. The van der Waals surface area contributed by atoms with Crippen LogP contribution in [0.5, 0.6) is 0 Å². The number of aliphatic imine (C=N–C) groups is 1. The molecule has 7 heteroatoms. The maximum Gasteiger partial charge on any atom is 0.228 e. The van der Waals surface area contributed by atoms with E-state index < -0.39 is 0 Å². The van der Waals surface area contributed by atoms with E-state index in [2.05, 4.69) is 37.9 Å². The SMILES string of the molecule is CN=C(NCCc1nc(-c2cccc(Cl)c2)no1)NC1CC=CC1. The van der Waals surface area contributed by atoms with E-state index >= 15 is 0 Å². The molecule has 0 unspecified atom stereocenters. The molecule has 2 N–H and O–H groups in total. The van der Waals surface area contributed by atoms with Gasteiger partial charge in [-0.3, -0.25) is 4.99 Å². The summed E-state index contributed by atoms with van der Waals surface area (Å²) in [7, 11) is 1.77. The van der Waals surface area contributed by atoms with Crippen LogP contribution in [0.3, 0.4) is 0 Å². The fourth-order valence-electron chi connectivity index (χ4n) is 2.51. The lowest BCUT2D eigenvalue weighted by Crippen LogP contribution is -2.43. The van der Waals surface area contributed by atoms with Crippen LogP contribution in [0.2, 0.25) is 5.02 Å². The Morgan fingerprint density at radius 3 is 2.96 bits per heavy atom. The molecule has 1 aromatic heterocycles. The van der Waals surface area contributed by atoms with Crippen LogP contribution in [0.4, 0.5) is 0 Å². The van der Waals surface area contributed by atoms with Crippen LogP contribution in [0, 0.1) is 0 Å². The van der Waals surface area contributed by atoms with Gasteiger partial charge in [0.05, 0.1) is 0 Å². The lowest BCUT2D eigenvalue weighted by Gasteiger charge is -2.16. The number of nitrogens with zero attached hydrogens (tertiary/aromatic N) is 3. The summed E-state index contributed by atoms with van der Waals surface area (Å²) in [6, 6.07) is 7.82. The highest BCUT2D eigenvalue weighted by Crippen LogP contribution is 2.19. The lowest BCUT2D eigenvalue weighted by molar-refractivity contribution is 0.378. The van der Waals surface area contributed by atoms with Gasteiger partial charge in [-0.1, -0.05) is 41.0 Å². The Hall–Kier alpha value is -2.34. The number of rotatable bonds is 5. The highest BCUT2D eigenvalue weighted by atomic mass is 35.5. The van der Waals surface area contributed by atoms with E-state index in [1.54, 1.807) is 7.05 Å². The van der Waals surface area contributed by atoms with E-state index in [9.17, 15) is 0 Å². The maximum absolute atomic E-state index is 5.98. The first-order valence-electron chi connectivity index (χ1n) is 7.95. The average molecular weight is 346 g/mol.